The third-order valence-corrected chi connectivity index (χ3v) is 7.05. The first-order valence-electron chi connectivity index (χ1n) is 7.84. The largest absolute Gasteiger partial charge is 0.334 e. The van der Waals surface area contributed by atoms with Crippen LogP contribution in [0.3, 0.4) is 0 Å². The van der Waals surface area contributed by atoms with Crippen molar-refractivity contribution < 1.29 is 13.2 Å². The van der Waals surface area contributed by atoms with E-state index in [-0.39, 0.29) is 23.4 Å². The molecule has 1 atom stereocenters. The zero-order chi connectivity index (χ0) is 17.2. The van der Waals surface area contributed by atoms with Crippen LogP contribution in [0.4, 0.5) is 0 Å². The van der Waals surface area contributed by atoms with Crippen molar-refractivity contribution in [2.24, 2.45) is 0 Å². The molecule has 0 bridgehead atoms. The zero-order valence-corrected chi connectivity index (χ0v) is 15.1. The third kappa shape index (κ3) is 3.38. The summed E-state index contributed by atoms with van der Waals surface area (Å²) in [7, 11) is -2.19. The molecule has 2 heterocycles. The summed E-state index contributed by atoms with van der Waals surface area (Å²) in [6.07, 6.45) is 1.88. The number of hydrogen-bond donors (Lipinski definition) is 0. The lowest BCUT2D eigenvalue weighted by atomic mass is 10.2. The first-order valence-corrected chi connectivity index (χ1v) is 10.2. The van der Waals surface area contributed by atoms with Gasteiger partial charge in [0.15, 0.2) is 0 Å². The average Bonchev–Trinajstić information content (AvgIpc) is 3.26. The van der Waals surface area contributed by atoms with Gasteiger partial charge in [0, 0.05) is 18.5 Å². The molecular formula is C17H20N2O3S2. The monoisotopic (exact) mass is 364 g/mol. The maximum Gasteiger partial charge on any atom is 0.243 e. The minimum absolute atomic E-state index is 0.0744. The molecule has 0 spiro atoms. The van der Waals surface area contributed by atoms with Gasteiger partial charge >= 0.3 is 0 Å². The highest BCUT2D eigenvalue weighted by Gasteiger charge is 2.32. The van der Waals surface area contributed by atoms with Gasteiger partial charge in [-0.1, -0.05) is 24.3 Å². The SMILES string of the molecule is CN(CC(=O)N1CCCC1c1cccs1)S(=O)(=O)c1ccccc1. The number of rotatable bonds is 5. The molecule has 7 heteroatoms. The number of benzene rings is 1. The Balaban J connectivity index is 1.72. The number of carbonyl (C=O) groups excluding carboxylic acids is 1. The molecule has 1 unspecified atom stereocenters. The Kier molecular flexibility index (Phi) is 5.03. The Labute approximate surface area is 146 Å². The quantitative estimate of drug-likeness (QED) is 0.820. The first-order chi connectivity index (χ1) is 11.5. The number of likely N-dealkylation sites (tertiary alicyclic amines) is 1. The van der Waals surface area contributed by atoms with Crippen LogP contribution in [0.25, 0.3) is 0 Å². The second kappa shape index (κ2) is 7.04. The van der Waals surface area contributed by atoms with Crippen molar-refractivity contribution in [2.45, 2.75) is 23.8 Å². The van der Waals surface area contributed by atoms with E-state index < -0.39 is 10.0 Å². The molecule has 128 valence electrons. The number of sulfonamides is 1. The van der Waals surface area contributed by atoms with E-state index in [1.165, 1.54) is 7.05 Å². The topological polar surface area (TPSA) is 57.7 Å². The van der Waals surface area contributed by atoms with Crippen LogP contribution in [-0.2, 0) is 14.8 Å². The van der Waals surface area contributed by atoms with E-state index in [0.29, 0.717) is 6.54 Å². The molecule has 0 saturated carbocycles. The zero-order valence-electron chi connectivity index (χ0n) is 13.5. The van der Waals surface area contributed by atoms with Crippen LogP contribution in [0.1, 0.15) is 23.8 Å². The highest BCUT2D eigenvalue weighted by molar-refractivity contribution is 7.89. The Morgan fingerprint density at radius 2 is 2.00 bits per heavy atom. The molecule has 1 saturated heterocycles. The van der Waals surface area contributed by atoms with Crippen LogP contribution < -0.4 is 0 Å². The standard InChI is InChI=1S/C17H20N2O3S2/c1-18(24(21,22)14-7-3-2-4-8-14)13-17(20)19-11-5-9-15(19)16-10-6-12-23-16/h2-4,6-8,10,12,15H,5,9,11,13H2,1H3. The molecule has 1 aliphatic heterocycles. The molecule has 0 radical (unpaired) electrons. The van der Waals surface area contributed by atoms with Gasteiger partial charge in [-0.05, 0) is 36.4 Å². The van der Waals surface area contributed by atoms with Gasteiger partial charge in [-0.3, -0.25) is 4.79 Å². The van der Waals surface area contributed by atoms with Crippen LogP contribution in [0.5, 0.6) is 0 Å². The summed E-state index contributed by atoms with van der Waals surface area (Å²) < 4.78 is 26.2. The minimum atomic E-state index is -3.65. The molecule has 1 aliphatic rings. The van der Waals surface area contributed by atoms with Gasteiger partial charge < -0.3 is 4.90 Å². The Morgan fingerprint density at radius 1 is 1.25 bits per heavy atom. The second-order valence-electron chi connectivity index (χ2n) is 5.83. The Hall–Kier alpha value is -1.70. The van der Waals surface area contributed by atoms with Crippen molar-refractivity contribution in [1.82, 2.24) is 9.21 Å². The summed E-state index contributed by atoms with van der Waals surface area (Å²) in [4.78, 5) is 15.8. The number of carbonyl (C=O) groups is 1. The van der Waals surface area contributed by atoms with Gasteiger partial charge in [-0.15, -0.1) is 11.3 Å². The molecule has 1 aromatic heterocycles. The summed E-state index contributed by atoms with van der Waals surface area (Å²) in [5.41, 5.74) is 0. The predicted octanol–water partition coefficient (Wildman–Crippen LogP) is 2.73. The first kappa shape index (κ1) is 17.1. The van der Waals surface area contributed by atoms with E-state index in [4.69, 9.17) is 0 Å². The molecule has 5 nitrogen and oxygen atoms in total. The van der Waals surface area contributed by atoms with Crippen molar-refractivity contribution in [3.05, 3.63) is 52.7 Å². The highest BCUT2D eigenvalue weighted by Crippen LogP contribution is 2.34. The summed E-state index contributed by atoms with van der Waals surface area (Å²) in [5.74, 6) is -0.145. The van der Waals surface area contributed by atoms with Gasteiger partial charge in [0.2, 0.25) is 15.9 Å². The lowest BCUT2D eigenvalue weighted by Crippen LogP contribution is -2.40. The maximum absolute atomic E-state index is 12.7. The van der Waals surface area contributed by atoms with Crippen LogP contribution in [0.15, 0.2) is 52.7 Å². The normalized spacial score (nSPS) is 18.2. The van der Waals surface area contributed by atoms with Gasteiger partial charge in [-0.25, -0.2) is 8.42 Å². The van der Waals surface area contributed by atoms with E-state index in [2.05, 4.69) is 0 Å². The number of amides is 1. The van der Waals surface area contributed by atoms with Crippen LogP contribution in [-0.4, -0.2) is 43.7 Å². The molecule has 24 heavy (non-hydrogen) atoms. The fourth-order valence-corrected chi connectivity index (χ4v) is 5.00. The molecule has 0 aliphatic carbocycles. The van der Waals surface area contributed by atoms with E-state index in [1.54, 1.807) is 41.7 Å². The number of likely N-dealkylation sites (N-methyl/N-ethyl adjacent to an activating group) is 1. The van der Waals surface area contributed by atoms with Crippen molar-refractivity contribution in [3.63, 3.8) is 0 Å². The van der Waals surface area contributed by atoms with Crippen molar-refractivity contribution in [1.29, 1.82) is 0 Å². The lowest BCUT2D eigenvalue weighted by Gasteiger charge is -2.26. The number of hydrogen-bond acceptors (Lipinski definition) is 4. The Bertz CT molecular complexity index is 789. The predicted molar refractivity (Wildman–Crippen MR) is 94.3 cm³/mol. The fraction of sp³-hybridized carbons (Fsp3) is 0.353. The summed E-state index contributed by atoms with van der Waals surface area (Å²) in [5, 5.41) is 2.00. The molecular weight excluding hydrogens is 344 g/mol. The van der Waals surface area contributed by atoms with Crippen molar-refractivity contribution in [3.8, 4) is 0 Å². The molecule has 1 fully saturated rings. The average molecular weight is 364 g/mol. The van der Waals surface area contributed by atoms with Gasteiger partial charge in [0.05, 0.1) is 17.5 Å². The summed E-state index contributed by atoms with van der Waals surface area (Å²) >= 11 is 1.64. The van der Waals surface area contributed by atoms with E-state index in [1.807, 2.05) is 22.4 Å². The molecule has 1 aromatic carbocycles. The molecule has 3 rings (SSSR count). The minimum Gasteiger partial charge on any atom is -0.334 e. The Morgan fingerprint density at radius 3 is 2.67 bits per heavy atom. The molecule has 1 amide bonds. The maximum atomic E-state index is 12.7. The van der Waals surface area contributed by atoms with Crippen LogP contribution in [0.2, 0.25) is 0 Å². The van der Waals surface area contributed by atoms with Crippen molar-refractivity contribution in [2.75, 3.05) is 20.1 Å². The molecule has 0 N–H and O–H groups in total. The van der Waals surface area contributed by atoms with Crippen molar-refractivity contribution >= 4 is 27.3 Å². The number of nitrogens with zero attached hydrogens (tertiary/aromatic N) is 2. The highest BCUT2D eigenvalue weighted by atomic mass is 32.2. The lowest BCUT2D eigenvalue weighted by molar-refractivity contribution is -0.132. The summed E-state index contributed by atoms with van der Waals surface area (Å²) in [6.45, 7) is 0.541. The van der Waals surface area contributed by atoms with Gasteiger partial charge in [-0.2, -0.15) is 4.31 Å². The van der Waals surface area contributed by atoms with Gasteiger partial charge in [0.1, 0.15) is 0 Å². The van der Waals surface area contributed by atoms with E-state index in [0.717, 1.165) is 22.0 Å². The van der Waals surface area contributed by atoms with Gasteiger partial charge in [0.25, 0.3) is 0 Å². The number of thiophene rings is 1. The smallest absolute Gasteiger partial charge is 0.243 e. The van der Waals surface area contributed by atoms with Crippen LogP contribution >= 0.6 is 11.3 Å². The van der Waals surface area contributed by atoms with Crippen LogP contribution in [0, 0.1) is 0 Å². The van der Waals surface area contributed by atoms with E-state index >= 15 is 0 Å². The molecule has 2 aromatic rings. The summed E-state index contributed by atoms with van der Waals surface area (Å²) in [6, 6.07) is 12.3. The fourth-order valence-electron chi connectivity index (χ4n) is 2.98. The second-order valence-corrected chi connectivity index (χ2v) is 8.86. The third-order valence-electron chi connectivity index (χ3n) is 4.25. The van der Waals surface area contributed by atoms with E-state index in [9.17, 15) is 13.2 Å².